The molecule has 0 amide bonds. The van der Waals surface area contributed by atoms with Crippen molar-refractivity contribution >= 4 is 5.69 Å². The monoisotopic (exact) mass is 290 g/mol. The van der Waals surface area contributed by atoms with Gasteiger partial charge in [-0.05, 0) is 26.3 Å². The van der Waals surface area contributed by atoms with Crippen molar-refractivity contribution in [2.24, 2.45) is 0 Å². The van der Waals surface area contributed by atoms with E-state index in [1.54, 1.807) is 0 Å². The van der Waals surface area contributed by atoms with Crippen LogP contribution in [0.2, 0.25) is 0 Å². The van der Waals surface area contributed by atoms with E-state index in [4.69, 9.17) is 0 Å². The van der Waals surface area contributed by atoms with E-state index in [0.29, 0.717) is 26.1 Å². The minimum absolute atomic E-state index is 0.239. The Hall–Kier alpha value is -1.30. The van der Waals surface area contributed by atoms with Crippen LogP contribution in [0.3, 0.4) is 0 Å². The van der Waals surface area contributed by atoms with E-state index in [1.165, 1.54) is 4.90 Å². The van der Waals surface area contributed by atoms with E-state index < -0.39 is 29.0 Å². The average molecular weight is 290 g/mol. The smallest absolute Gasteiger partial charge is 0.185 e. The van der Waals surface area contributed by atoms with Crippen molar-refractivity contribution in [3.63, 3.8) is 0 Å². The lowest BCUT2D eigenvalue weighted by Crippen LogP contribution is -2.49. The molecule has 1 aliphatic rings. The minimum atomic E-state index is -1.37. The van der Waals surface area contributed by atoms with Crippen molar-refractivity contribution < 1.29 is 17.6 Å². The minimum Gasteiger partial charge on any atom is -0.365 e. The predicted octanol–water partition coefficient (Wildman–Crippen LogP) is 3.21. The van der Waals surface area contributed by atoms with Crippen LogP contribution in [-0.2, 0) is 0 Å². The predicted molar refractivity (Wildman–Crippen MR) is 69.8 cm³/mol. The molecule has 1 unspecified atom stereocenters. The Labute approximate surface area is 115 Å². The molecule has 1 aliphatic heterocycles. The van der Waals surface area contributed by atoms with Crippen LogP contribution in [0.25, 0.3) is 0 Å². The second-order valence-corrected chi connectivity index (χ2v) is 5.43. The van der Waals surface area contributed by atoms with Crippen molar-refractivity contribution in [2.75, 3.05) is 24.5 Å². The summed E-state index contributed by atoms with van der Waals surface area (Å²) in [5.41, 5.74) is -0.955. The number of halogens is 4. The Bertz CT molecular complexity index is 480. The highest BCUT2D eigenvalue weighted by molar-refractivity contribution is 5.50. The number of nitrogens with one attached hydrogen (secondary N) is 1. The van der Waals surface area contributed by atoms with E-state index in [2.05, 4.69) is 5.32 Å². The summed E-state index contributed by atoms with van der Waals surface area (Å²) in [7, 11) is 0. The Morgan fingerprint density at radius 2 is 1.80 bits per heavy atom. The van der Waals surface area contributed by atoms with Gasteiger partial charge in [-0.2, -0.15) is 0 Å². The summed E-state index contributed by atoms with van der Waals surface area (Å²) in [5, 5.41) is 3.30. The van der Waals surface area contributed by atoms with Gasteiger partial charge in [-0.25, -0.2) is 17.6 Å². The molecule has 1 heterocycles. The Morgan fingerprint density at radius 1 is 1.20 bits per heavy atom. The molecule has 0 aromatic heterocycles. The van der Waals surface area contributed by atoms with Crippen LogP contribution < -0.4 is 10.2 Å². The van der Waals surface area contributed by atoms with E-state index >= 15 is 0 Å². The first-order valence-electron chi connectivity index (χ1n) is 6.71. The van der Waals surface area contributed by atoms with Gasteiger partial charge in [0.2, 0.25) is 0 Å². The molecule has 1 atom stereocenters. The van der Waals surface area contributed by atoms with Gasteiger partial charge in [0.15, 0.2) is 23.3 Å². The van der Waals surface area contributed by atoms with Crippen LogP contribution in [0.5, 0.6) is 0 Å². The van der Waals surface area contributed by atoms with Crippen molar-refractivity contribution in [1.82, 2.24) is 5.32 Å². The van der Waals surface area contributed by atoms with Gasteiger partial charge in [0, 0.05) is 24.7 Å². The summed E-state index contributed by atoms with van der Waals surface area (Å²) in [4.78, 5) is 1.39. The molecule has 0 radical (unpaired) electrons. The van der Waals surface area contributed by atoms with Crippen LogP contribution in [0, 0.1) is 23.3 Å². The largest absolute Gasteiger partial charge is 0.365 e. The first-order chi connectivity index (χ1) is 9.38. The van der Waals surface area contributed by atoms with E-state index in [0.717, 1.165) is 6.42 Å². The number of benzene rings is 1. The molecule has 0 saturated carbocycles. The average Bonchev–Trinajstić information content (AvgIpc) is 2.60. The fourth-order valence-corrected chi connectivity index (χ4v) is 2.48. The van der Waals surface area contributed by atoms with Crippen LogP contribution in [0.4, 0.5) is 23.2 Å². The first-order valence-corrected chi connectivity index (χ1v) is 6.71. The molecular weight excluding hydrogens is 272 g/mol. The SMILES string of the molecule is CCC1(C)CN(c2c(F)c(F)cc(F)c2F)CCCN1. The highest BCUT2D eigenvalue weighted by Gasteiger charge is 2.31. The molecular formula is C14H18F4N2. The number of rotatable bonds is 2. The molecule has 1 aromatic rings. The van der Waals surface area contributed by atoms with Gasteiger partial charge >= 0.3 is 0 Å². The maximum atomic E-state index is 13.9. The lowest BCUT2D eigenvalue weighted by atomic mass is 9.98. The summed E-state index contributed by atoms with van der Waals surface area (Å²) < 4.78 is 54.4. The molecule has 0 bridgehead atoms. The topological polar surface area (TPSA) is 15.3 Å². The molecule has 0 aliphatic carbocycles. The zero-order valence-electron chi connectivity index (χ0n) is 11.6. The molecule has 1 saturated heterocycles. The normalized spacial score (nSPS) is 23.8. The molecule has 1 N–H and O–H groups in total. The number of anilines is 1. The molecule has 2 rings (SSSR count). The van der Waals surface area contributed by atoms with Gasteiger partial charge in [-0.3, -0.25) is 0 Å². The van der Waals surface area contributed by atoms with Gasteiger partial charge in [0.05, 0.1) is 0 Å². The molecule has 20 heavy (non-hydrogen) atoms. The van der Waals surface area contributed by atoms with Crippen molar-refractivity contribution in [3.8, 4) is 0 Å². The quantitative estimate of drug-likeness (QED) is 0.664. The number of nitrogens with zero attached hydrogens (tertiary/aromatic N) is 1. The zero-order chi connectivity index (χ0) is 14.9. The van der Waals surface area contributed by atoms with Crippen molar-refractivity contribution in [3.05, 3.63) is 29.3 Å². The van der Waals surface area contributed by atoms with Gasteiger partial charge in [0.25, 0.3) is 0 Å². The number of hydrogen-bond acceptors (Lipinski definition) is 2. The van der Waals surface area contributed by atoms with Crippen LogP contribution in [0.1, 0.15) is 26.7 Å². The highest BCUT2D eigenvalue weighted by atomic mass is 19.2. The number of hydrogen-bond donors (Lipinski definition) is 1. The van der Waals surface area contributed by atoms with Gasteiger partial charge in [-0.1, -0.05) is 6.92 Å². The maximum Gasteiger partial charge on any atom is 0.185 e. The summed E-state index contributed by atoms with van der Waals surface area (Å²) in [5.74, 6) is -5.39. The van der Waals surface area contributed by atoms with Crippen molar-refractivity contribution in [1.29, 1.82) is 0 Å². The third kappa shape index (κ3) is 2.75. The van der Waals surface area contributed by atoms with E-state index in [1.807, 2.05) is 13.8 Å². The Morgan fingerprint density at radius 3 is 2.35 bits per heavy atom. The van der Waals surface area contributed by atoms with Crippen molar-refractivity contribution in [2.45, 2.75) is 32.2 Å². The van der Waals surface area contributed by atoms with E-state index in [9.17, 15) is 17.6 Å². The fraction of sp³-hybridized carbons (Fsp3) is 0.571. The highest BCUT2D eigenvalue weighted by Crippen LogP contribution is 2.30. The maximum absolute atomic E-state index is 13.9. The molecule has 6 heteroatoms. The second kappa shape index (κ2) is 5.60. The van der Waals surface area contributed by atoms with Gasteiger partial charge < -0.3 is 10.2 Å². The zero-order valence-corrected chi connectivity index (χ0v) is 11.6. The van der Waals surface area contributed by atoms with Gasteiger partial charge in [-0.15, -0.1) is 0 Å². The molecule has 0 spiro atoms. The fourth-order valence-electron chi connectivity index (χ4n) is 2.48. The van der Waals surface area contributed by atoms with Crippen LogP contribution in [-0.4, -0.2) is 25.2 Å². The van der Waals surface area contributed by atoms with E-state index in [-0.39, 0.29) is 11.6 Å². The standard InChI is InChI=1S/C14H18F4N2/c1-3-14(2)8-20(6-4-5-19-14)13-11(17)9(15)7-10(16)12(13)18/h7,19H,3-6,8H2,1-2H3. The summed E-state index contributed by atoms with van der Waals surface area (Å²) >= 11 is 0. The summed E-state index contributed by atoms with van der Waals surface area (Å²) in [6.07, 6.45) is 1.39. The van der Waals surface area contributed by atoms with Gasteiger partial charge in [0.1, 0.15) is 5.69 Å². The third-order valence-electron chi connectivity index (χ3n) is 3.88. The second-order valence-electron chi connectivity index (χ2n) is 5.43. The first kappa shape index (κ1) is 15.1. The molecule has 1 aromatic carbocycles. The summed E-state index contributed by atoms with van der Waals surface area (Å²) in [6, 6.07) is 0.239. The lowest BCUT2D eigenvalue weighted by Gasteiger charge is -2.34. The Kier molecular flexibility index (Phi) is 4.22. The molecule has 1 fully saturated rings. The third-order valence-corrected chi connectivity index (χ3v) is 3.88. The van der Waals surface area contributed by atoms with Crippen LogP contribution >= 0.6 is 0 Å². The Balaban J connectivity index is 2.44. The molecule has 2 nitrogen and oxygen atoms in total. The van der Waals surface area contributed by atoms with Crippen LogP contribution in [0.15, 0.2) is 6.07 Å². The molecule has 112 valence electrons. The lowest BCUT2D eigenvalue weighted by molar-refractivity contribution is 0.363. The summed E-state index contributed by atoms with van der Waals surface area (Å²) in [6.45, 7) is 5.22.